The molecule has 4 nitrogen and oxygen atoms in total. The quantitative estimate of drug-likeness (QED) is 0.897. The number of halogens is 2. The fraction of sp³-hybridized carbons (Fsp3) is 0.533. The second-order valence-electron chi connectivity index (χ2n) is 5.28. The molecular weight excluding hydrogens is 295 g/mol. The minimum Gasteiger partial charge on any atom is -0.368 e. The molecule has 1 saturated heterocycles. The largest absolute Gasteiger partial charge is 0.368 e. The second kappa shape index (κ2) is 6.73. The van der Waals surface area contributed by atoms with Crippen molar-refractivity contribution in [2.45, 2.75) is 31.4 Å². The average Bonchev–Trinajstić information content (AvgIpc) is 2.47. The molecule has 0 aliphatic carbocycles. The van der Waals surface area contributed by atoms with Gasteiger partial charge in [0, 0.05) is 17.7 Å². The van der Waals surface area contributed by atoms with Crippen LogP contribution in [0.3, 0.4) is 0 Å². The Balaban J connectivity index is 2.15. The molecule has 2 rings (SSSR count). The van der Waals surface area contributed by atoms with Crippen molar-refractivity contribution in [2.75, 3.05) is 20.2 Å². The fourth-order valence-electron chi connectivity index (χ4n) is 2.68. The Morgan fingerprint density at radius 2 is 2.14 bits per heavy atom. The van der Waals surface area contributed by atoms with Gasteiger partial charge in [-0.15, -0.1) is 0 Å². The Labute approximate surface area is 129 Å². The van der Waals surface area contributed by atoms with E-state index < -0.39 is 17.5 Å². The van der Waals surface area contributed by atoms with E-state index >= 15 is 0 Å². The topological polar surface area (TPSA) is 50.4 Å². The SMILES string of the molecule is COC1(C(=O)NC(C)c2c(F)cccc2Cl)CCNCC1. The van der Waals surface area contributed by atoms with Gasteiger partial charge in [-0.25, -0.2) is 4.39 Å². The van der Waals surface area contributed by atoms with E-state index in [4.69, 9.17) is 16.3 Å². The Morgan fingerprint density at radius 1 is 1.48 bits per heavy atom. The summed E-state index contributed by atoms with van der Waals surface area (Å²) >= 11 is 6.03. The maximum Gasteiger partial charge on any atom is 0.252 e. The maximum atomic E-state index is 13.9. The minimum absolute atomic E-state index is 0.224. The molecule has 2 N–H and O–H groups in total. The summed E-state index contributed by atoms with van der Waals surface area (Å²) in [6.07, 6.45) is 1.18. The van der Waals surface area contributed by atoms with E-state index in [9.17, 15) is 9.18 Å². The Hall–Kier alpha value is -1.17. The van der Waals surface area contributed by atoms with Crippen molar-refractivity contribution in [3.8, 4) is 0 Å². The molecule has 0 aromatic heterocycles. The number of hydrogen-bond donors (Lipinski definition) is 2. The molecule has 1 aliphatic rings. The van der Waals surface area contributed by atoms with Crippen LogP contribution in [0.1, 0.15) is 31.4 Å². The zero-order chi connectivity index (χ0) is 15.5. The van der Waals surface area contributed by atoms with Gasteiger partial charge >= 0.3 is 0 Å². The molecule has 1 atom stereocenters. The predicted molar refractivity (Wildman–Crippen MR) is 79.8 cm³/mol. The predicted octanol–water partition coefficient (Wildman–Crippen LogP) is 2.42. The fourth-order valence-corrected chi connectivity index (χ4v) is 3.01. The van der Waals surface area contributed by atoms with Gasteiger partial charge in [0.05, 0.1) is 6.04 Å². The Bertz CT molecular complexity index is 498. The summed E-state index contributed by atoms with van der Waals surface area (Å²) in [6, 6.07) is 3.96. The van der Waals surface area contributed by atoms with E-state index in [0.29, 0.717) is 23.4 Å². The highest BCUT2D eigenvalue weighted by molar-refractivity contribution is 6.31. The van der Waals surface area contributed by atoms with E-state index in [0.717, 1.165) is 13.1 Å². The molecule has 0 bridgehead atoms. The summed E-state index contributed by atoms with van der Waals surface area (Å²) < 4.78 is 19.4. The average molecular weight is 315 g/mol. The summed E-state index contributed by atoms with van der Waals surface area (Å²) in [5.74, 6) is -0.648. The van der Waals surface area contributed by atoms with Crippen LogP contribution in [0, 0.1) is 5.82 Å². The third-order valence-corrected chi connectivity index (χ3v) is 4.33. The first-order chi connectivity index (χ1) is 10.00. The highest BCUT2D eigenvalue weighted by Gasteiger charge is 2.40. The molecule has 1 heterocycles. The monoisotopic (exact) mass is 314 g/mol. The highest BCUT2D eigenvalue weighted by atomic mass is 35.5. The molecule has 0 spiro atoms. The lowest BCUT2D eigenvalue weighted by Crippen LogP contribution is -2.54. The van der Waals surface area contributed by atoms with Crippen LogP contribution in [-0.2, 0) is 9.53 Å². The van der Waals surface area contributed by atoms with E-state index in [-0.39, 0.29) is 5.91 Å². The molecule has 1 fully saturated rings. The molecule has 0 radical (unpaired) electrons. The van der Waals surface area contributed by atoms with Gasteiger partial charge in [0.25, 0.3) is 5.91 Å². The Kier molecular flexibility index (Phi) is 5.19. The van der Waals surface area contributed by atoms with Gasteiger partial charge in [-0.1, -0.05) is 17.7 Å². The van der Waals surface area contributed by atoms with Crippen LogP contribution in [0.25, 0.3) is 0 Å². The van der Waals surface area contributed by atoms with Gasteiger partial charge in [0.15, 0.2) is 0 Å². The number of nitrogens with one attached hydrogen (secondary N) is 2. The van der Waals surface area contributed by atoms with Gasteiger partial charge in [0.2, 0.25) is 0 Å². The number of rotatable bonds is 4. The third kappa shape index (κ3) is 3.36. The number of ether oxygens (including phenoxy) is 1. The van der Waals surface area contributed by atoms with E-state index in [1.807, 2.05) is 0 Å². The zero-order valence-electron chi connectivity index (χ0n) is 12.2. The van der Waals surface area contributed by atoms with Crippen LogP contribution in [0.15, 0.2) is 18.2 Å². The van der Waals surface area contributed by atoms with Crippen molar-refractivity contribution in [1.29, 1.82) is 0 Å². The van der Waals surface area contributed by atoms with Gasteiger partial charge in [-0.05, 0) is 45.0 Å². The van der Waals surface area contributed by atoms with Crippen molar-refractivity contribution in [2.24, 2.45) is 0 Å². The number of amides is 1. The summed E-state index contributed by atoms with van der Waals surface area (Å²) in [6.45, 7) is 3.15. The number of benzene rings is 1. The lowest BCUT2D eigenvalue weighted by Gasteiger charge is -2.35. The van der Waals surface area contributed by atoms with E-state index in [1.54, 1.807) is 19.1 Å². The summed E-state index contributed by atoms with van der Waals surface area (Å²) in [4.78, 5) is 12.5. The van der Waals surface area contributed by atoms with Gasteiger partial charge in [0.1, 0.15) is 11.4 Å². The lowest BCUT2D eigenvalue weighted by molar-refractivity contribution is -0.147. The maximum absolute atomic E-state index is 13.9. The first-order valence-electron chi connectivity index (χ1n) is 7.01. The standard InChI is InChI=1S/C15H20ClFN2O2/c1-10(13-11(16)4-3-5-12(13)17)19-14(20)15(21-2)6-8-18-9-7-15/h3-5,10,18H,6-9H2,1-2H3,(H,19,20). The first kappa shape index (κ1) is 16.2. The van der Waals surface area contributed by atoms with Crippen LogP contribution in [0.2, 0.25) is 5.02 Å². The van der Waals surface area contributed by atoms with Crippen molar-refractivity contribution in [1.82, 2.24) is 10.6 Å². The molecular formula is C15H20ClFN2O2. The lowest BCUT2D eigenvalue weighted by atomic mass is 9.90. The zero-order valence-corrected chi connectivity index (χ0v) is 13.0. The van der Waals surface area contributed by atoms with Crippen LogP contribution in [0.4, 0.5) is 4.39 Å². The van der Waals surface area contributed by atoms with E-state index in [1.165, 1.54) is 13.2 Å². The van der Waals surface area contributed by atoms with Crippen LogP contribution >= 0.6 is 11.6 Å². The number of methoxy groups -OCH3 is 1. The molecule has 1 aliphatic heterocycles. The molecule has 1 aromatic carbocycles. The molecule has 116 valence electrons. The minimum atomic E-state index is -0.850. The van der Waals surface area contributed by atoms with Gasteiger partial charge in [-0.2, -0.15) is 0 Å². The molecule has 1 unspecified atom stereocenters. The number of piperidine rings is 1. The molecule has 21 heavy (non-hydrogen) atoms. The van der Waals surface area contributed by atoms with Crippen molar-refractivity contribution < 1.29 is 13.9 Å². The van der Waals surface area contributed by atoms with Crippen LogP contribution < -0.4 is 10.6 Å². The van der Waals surface area contributed by atoms with Gasteiger partial charge in [-0.3, -0.25) is 4.79 Å². The first-order valence-corrected chi connectivity index (χ1v) is 7.39. The Morgan fingerprint density at radius 3 is 2.71 bits per heavy atom. The summed E-state index contributed by atoms with van der Waals surface area (Å²) in [5.41, 5.74) is -0.551. The molecule has 1 aromatic rings. The number of carbonyl (C=O) groups is 1. The summed E-state index contributed by atoms with van der Waals surface area (Å²) in [7, 11) is 1.53. The highest BCUT2D eigenvalue weighted by Crippen LogP contribution is 2.28. The smallest absolute Gasteiger partial charge is 0.252 e. The second-order valence-corrected chi connectivity index (χ2v) is 5.69. The van der Waals surface area contributed by atoms with Crippen molar-refractivity contribution in [3.05, 3.63) is 34.6 Å². The van der Waals surface area contributed by atoms with Crippen molar-refractivity contribution >= 4 is 17.5 Å². The third-order valence-electron chi connectivity index (χ3n) is 4.00. The molecule has 6 heteroatoms. The number of hydrogen-bond acceptors (Lipinski definition) is 3. The van der Waals surface area contributed by atoms with Crippen LogP contribution in [-0.4, -0.2) is 31.7 Å². The van der Waals surface area contributed by atoms with Gasteiger partial charge < -0.3 is 15.4 Å². The number of carbonyl (C=O) groups excluding carboxylic acids is 1. The molecule has 1 amide bonds. The van der Waals surface area contributed by atoms with Crippen LogP contribution in [0.5, 0.6) is 0 Å². The van der Waals surface area contributed by atoms with E-state index in [2.05, 4.69) is 10.6 Å². The van der Waals surface area contributed by atoms with Crippen molar-refractivity contribution in [3.63, 3.8) is 0 Å². The normalized spacial score (nSPS) is 19.0. The summed E-state index contributed by atoms with van der Waals surface area (Å²) in [5, 5.41) is 6.32. The molecule has 0 saturated carbocycles.